The Labute approximate surface area is 205 Å². The molecule has 0 heterocycles. The van der Waals surface area contributed by atoms with Crippen molar-refractivity contribution in [2.24, 2.45) is 10.2 Å². The van der Waals surface area contributed by atoms with Gasteiger partial charge in [0.1, 0.15) is 23.7 Å². The van der Waals surface area contributed by atoms with Gasteiger partial charge in [-0.25, -0.2) is 4.79 Å². The first-order chi connectivity index (χ1) is 16.9. The zero-order valence-corrected chi connectivity index (χ0v) is 20.1. The molecule has 4 N–H and O–H groups in total. The van der Waals surface area contributed by atoms with E-state index in [9.17, 15) is 15.0 Å². The Balaban J connectivity index is 1.92. The fourth-order valence-corrected chi connectivity index (χ4v) is 3.79. The molecule has 8 heteroatoms. The van der Waals surface area contributed by atoms with Crippen LogP contribution in [0.2, 0.25) is 0 Å². The van der Waals surface area contributed by atoms with Crippen LogP contribution in [-0.2, 0) is 17.8 Å². The molecule has 3 aromatic carbocycles. The number of carbonyl (C=O) groups is 1. The minimum absolute atomic E-state index is 0.00296. The molecule has 1 atom stereocenters. The highest BCUT2D eigenvalue weighted by Crippen LogP contribution is 2.35. The van der Waals surface area contributed by atoms with Crippen molar-refractivity contribution >= 4 is 23.0 Å². The number of esters is 1. The molecule has 0 aromatic heterocycles. The van der Waals surface area contributed by atoms with Crippen LogP contribution in [0.4, 0.5) is 17.1 Å². The zero-order chi connectivity index (χ0) is 25.2. The first-order valence-electron chi connectivity index (χ1n) is 11.6. The Morgan fingerprint density at radius 2 is 1.74 bits per heavy atom. The lowest BCUT2D eigenvalue weighted by molar-refractivity contribution is 0.0472. The topological polar surface area (TPSA) is 121 Å². The fraction of sp³-hybridized carbons (Fsp3) is 0.296. The number of nitrogens with zero attached hydrogens (tertiary/aromatic N) is 3. The van der Waals surface area contributed by atoms with E-state index in [4.69, 9.17) is 10.5 Å². The summed E-state index contributed by atoms with van der Waals surface area (Å²) < 4.78 is 5.50. The van der Waals surface area contributed by atoms with Gasteiger partial charge in [0.2, 0.25) is 0 Å². The molecule has 3 aromatic rings. The van der Waals surface area contributed by atoms with Crippen molar-refractivity contribution in [1.82, 2.24) is 4.90 Å². The molecule has 0 spiro atoms. The van der Waals surface area contributed by atoms with Crippen LogP contribution in [0.3, 0.4) is 0 Å². The Morgan fingerprint density at radius 3 is 2.43 bits per heavy atom. The summed E-state index contributed by atoms with van der Waals surface area (Å²) in [5, 5.41) is 28.7. The number of hydrogen-bond acceptors (Lipinski definition) is 8. The molecule has 0 radical (unpaired) electrons. The number of azo groups is 1. The standard InChI is InChI=1S/C27H32N4O4/c1-3-31(13-14-32)19(2)15-21-16-22(27(34)35-18-20-9-5-4-6-10-20)17-25(26(21)33)30-29-24-12-8-7-11-23(24)28/h4-12,16-17,19,32-33H,3,13-15,18,28H2,1-2H3. The molecule has 1 unspecified atom stereocenters. The van der Waals surface area contributed by atoms with Crippen LogP contribution in [0, 0.1) is 0 Å². The number of phenolic OH excluding ortho intramolecular Hbond substituents is 1. The summed E-state index contributed by atoms with van der Waals surface area (Å²) in [6.45, 7) is 5.42. The highest BCUT2D eigenvalue weighted by molar-refractivity contribution is 5.91. The third kappa shape index (κ3) is 7.11. The predicted molar refractivity (Wildman–Crippen MR) is 136 cm³/mol. The Bertz CT molecular complexity index is 1150. The van der Waals surface area contributed by atoms with Gasteiger partial charge in [0.05, 0.1) is 17.9 Å². The van der Waals surface area contributed by atoms with Crippen molar-refractivity contribution in [2.45, 2.75) is 32.9 Å². The molecule has 3 rings (SSSR count). The minimum Gasteiger partial charge on any atom is -0.505 e. The number of para-hydroxylation sites is 1. The number of benzene rings is 3. The quantitative estimate of drug-likeness (QED) is 0.204. The first-order valence-corrected chi connectivity index (χ1v) is 11.6. The Kier molecular flexibility index (Phi) is 9.34. The SMILES string of the molecule is CCN(CCO)C(C)Cc1cc(C(=O)OCc2ccccc2)cc(N=Nc2ccccc2N)c1O. The largest absolute Gasteiger partial charge is 0.505 e. The number of aliphatic hydroxyl groups excluding tert-OH is 1. The van der Waals surface area contributed by atoms with Gasteiger partial charge in [-0.05, 0) is 55.3 Å². The number of nitrogens with two attached hydrogens (primary N) is 1. The van der Waals surface area contributed by atoms with Crippen molar-refractivity contribution in [3.05, 3.63) is 83.4 Å². The normalized spacial score (nSPS) is 12.2. The summed E-state index contributed by atoms with van der Waals surface area (Å²) in [5.74, 6) is -0.587. The van der Waals surface area contributed by atoms with Crippen LogP contribution in [0.5, 0.6) is 5.75 Å². The summed E-state index contributed by atoms with van der Waals surface area (Å²) >= 11 is 0. The van der Waals surface area contributed by atoms with Gasteiger partial charge in [0.15, 0.2) is 0 Å². The van der Waals surface area contributed by atoms with Gasteiger partial charge in [-0.1, -0.05) is 49.4 Å². The maximum Gasteiger partial charge on any atom is 0.338 e. The number of rotatable bonds is 11. The van der Waals surface area contributed by atoms with Crippen LogP contribution in [0.1, 0.15) is 35.3 Å². The molecular formula is C27H32N4O4. The minimum atomic E-state index is -0.527. The number of nitrogen functional groups attached to an aromatic ring is 1. The molecule has 0 amide bonds. The average molecular weight is 477 g/mol. The van der Waals surface area contributed by atoms with Crippen molar-refractivity contribution in [3.63, 3.8) is 0 Å². The van der Waals surface area contributed by atoms with Crippen molar-refractivity contribution in [3.8, 4) is 5.75 Å². The number of likely N-dealkylation sites (N-methyl/N-ethyl adjacent to an activating group) is 1. The van der Waals surface area contributed by atoms with E-state index in [1.165, 1.54) is 6.07 Å². The van der Waals surface area contributed by atoms with E-state index >= 15 is 0 Å². The van der Waals surface area contributed by atoms with Crippen LogP contribution in [0.25, 0.3) is 0 Å². The summed E-state index contributed by atoms with van der Waals surface area (Å²) in [5.41, 5.74) is 8.68. The van der Waals surface area contributed by atoms with E-state index in [0.717, 1.165) is 12.1 Å². The number of carbonyl (C=O) groups excluding carboxylic acids is 1. The lowest BCUT2D eigenvalue weighted by atomic mass is 10.0. The van der Waals surface area contributed by atoms with Crippen molar-refractivity contribution in [1.29, 1.82) is 0 Å². The smallest absolute Gasteiger partial charge is 0.338 e. The maximum atomic E-state index is 12.9. The lowest BCUT2D eigenvalue weighted by Gasteiger charge is -2.27. The fourth-order valence-electron chi connectivity index (χ4n) is 3.79. The zero-order valence-electron chi connectivity index (χ0n) is 20.1. The maximum absolute atomic E-state index is 12.9. The van der Waals surface area contributed by atoms with Gasteiger partial charge in [0, 0.05) is 12.6 Å². The molecular weight excluding hydrogens is 444 g/mol. The highest BCUT2D eigenvalue weighted by atomic mass is 16.5. The molecule has 0 aliphatic heterocycles. The second-order valence-electron chi connectivity index (χ2n) is 8.23. The molecule has 35 heavy (non-hydrogen) atoms. The Morgan fingerprint density at radius 1 is 1.06 bits per heavy atom. The summed E-state index contributed by atoms with van der Waals surface area (Å²) in [7, 11) is 0. The first kappa shape index (κ1) is 25.9. The van der Waals surface area contributed by atoms with E-state index in [1.807, 2.05) is 44.2 Å². The van der Waals surface area contributed by atoms with Crippen LogP contribution >= 0.6 is 0 Å². The summed E-state index contributed by atoms with van der Waals surface area (Å²) in [4.78, 5) is 15.0. The van der Waals surface area contributed by atoms with Crippen LogP contribution in [0.15, 0.2) is 77.0 Å². The number of phenols is 1. The van der Waals surface area contributed by atoms with Gasteiger partial charge in [-0.2, -0.15) is 0 Å². The average Bonchev–Trinajstić information content (AvgIpc) is 2.87. The molecule has 0 fully saturated rings. The van der Waals surface area contributed by atoms with Gasteiger partial charge in [-0.15, -0.1) is 10.2 Å². The van der Waals surface area contributed by atoms with Gasteiger partial charge < -0.3 is 20.7 Å². The molecule has 0 aliphatic rings. The number of anilines is 1. The second kappa shape index (κ2) is 12.6. The number of hydrogen-bond donors (Lipinski definition) is 3. The highest BCUT2D eigenvalue weighted by Gasteiger charge is 2.20. The molecule has 184 valence electrons. The predicted octanol–water partition coefficient (Wildman–Crippen LogP) is 4.99. The monoisotopic (exact) mass is 476 g/mol. The number of aliphatic hydroxyl groups is 1. The molecule has 8 nitrogen and oxygen atoms in total. The van der Waals surface area contributed by atoms with Gasteiger partial charge in [0.25, 0.3) is 0 Å². The van der Waals surface area contributed by atoms with E-state index in [2.05, 4.69) is 15.1 Å². The second-order valence-corrected chi connectivity index (χ2v) is 8.23. The van der Waals surface area contributed by atoms with Crippen molar-refractivity contribution in [2.75, 3.05) is 25.4 Å². The lowest BCUT2D eigenvalue weighted by Crippen LogP contribution is -2.36. The molecule has 0 saturated carbocycles. The van der Waals surface area contributed by atoms with E-state index in [1.54, 1.807) is 30.3 Å². The van der Waals surface area contributed by atoms with E-state index < -0.39 is 5.97 Å². The van der Waals surface area contributed by atoms with Gasteiger partial charge >= 0.3 is 5.97 Å². The third-order valence-corrected chi connectivity index (χ3v) is 5.75. The van der Waals surface area contributed by atoms with Gasteiger partial charge in [-0.3, -0.25) is 4.90 Å². The van der Waals surface area contributed by atoms with Crippen molar-refractivity contribution < 1.29 is 19.7 Å². The Hall–Kier alpha value is -3.75. The molecule has 0 bridgehead atoms. The third-order valence-electron chi connectivity index (χ3n) is 5.75. The summed E-state index contributed by atoms with van der Waals surface area (Å²) in [6.07, 6.45) is 0.440. The summed E-state index contributed by atoms with van der Waals surface area (Å²) in [6, 6.07) is 19.5. The van der Waals surface area contributed by atoms with Crippen LogP contribution in [-0.4, -0.2) is 46.8 Å². The van der Waals surface area contributed by atoms with E-state index in [-0.39, 0.29) is 36.3 Å². The molecule has 0 aliphatic carbocycles. The number of aromatic hydroxyl groups is 1. The molecule has 0 saturated heterocycles. The number of ether oxygens (including phenoxy) is 1. The van der Waals surface area contributed by atoms with Crippen LogP contribution < -0.4 is 5.73 Å². The van der Waals surface area contributed by atoms with E-state index in [0.29, 0.717) is 29.9 Å².